The molecule has 0 aliphatic heterocycles. The highest BCUT2D eigenvalue weighted by Gasteiger charge is 2.25. The van der Waals surface area contributed by atoms with Gasteiger partial charge >= 0.3 is 0 Å². The Bertz CT molecular complexity index is 996. The average molecular weight is 379 g/mol. The summed E-state index contributed by atoms with van der Waals surface area (Å²) in [7, 11) is 1.57. The number of benzene rings is 2. The van der Waals surface area contributed by atoms with Gasteiger partial charge in [-0.05, 0) is 62.1 Å². The lowest BCUT2D eigenvalue weighted by Gasteiger charge is -2.09. The number of anilines is 1. The number of nitrogens with zero attached hydrogens (tertiary/aromatic N) is 2. The predicted octanol–water partition coefficient (Wildman–Crippen LogP) is 4.54. The number of para-hydroxylation sites is 2. The van der Waals surface area contributed by atoms with Gasteiger partial charge in [0, 0.05) is 11.3 Å². The molecule has 144 valence electrons. The summed E-state index contributed by atoms with van der Waals surface area (Å²) >= 11 is 0. The maximum atomic E-state index is 13.3. The third-order valence-electron chi connectivity index (χ3n) is 5.07. The number of hydrogen-bond donors (Lipinski definition) is 1. The molecule has 6 heteroatoms. The van der Waals surface area contributed by atoms with Gasteiger partial charge in [0.1, 0.15) is 11.6 Å². The molecule has 0 spiro atoms. The van der Waals surface area contributed by atoms with Gasteiger partial charge in [0.2, 0.25) is 0 Å². The van der Waals surface area contributed by atoms with Gasteiger partial charge in [0.25, 0.3) is 5.91 Å². The van der Waals surface area contributed by atoms with Crippen LogP contribution in [0.25, 0.3) is 5.69 Å². The van der Waals surface area contributed by atoms with Crippen molar-refractivity contribution in [2.24, 2.45) is 0 Å². The van der Waals surface area contributed by atoms with Crippen molar-refractivity contribution in [2.45, 2.75) is 32.1 Å². The maximum Gasteiger partial charge on any atom is 0.276 e. The predicted molar refractivity (Wildman–Crippen MR) is 106 cm³/mol. The van der Waals surface area contributed by atoms with Gasteiger partial charge in [-0.15, -0.1) is 0 Å². The lowest BCUT2D eigenvalue weighted by atomic mass is 10.1. The number of methoxy groups -OCH3 is 1. The van der Waals surface area contributed by atoms with E-state index >= 15 is 0 Å². The minimum Gasteiger partial charge on any atom is -0.495 e. The number of hydrogen-bond acceptors (Lipinski definition) is 3. The van der Waals surface area contributed by atoms with Crippen LogP contribution in [-0.4, -0.2) is 22.8 Å². The minimum absolute atomic E-state index is 0.261. The molecule has 1 N–H and O–H groups in total. The Morgan fingerprint density at radius 3 is 2.61 bits per heavy atom. The van der Waals surface area contributed by atoms with Gasteiger partial charge in [0.05, 0.1) is 18.5 Å². The third kappa shape index (κ3) is 3.50. The van der Waals surface area contributed by atoms with Gasteiger partial charge in [-0.2, -0.15) is 5.10 Å². The van der Waals surface area contributed by atoms with E-state index in [0.29, 0.717) is 17.1 Å². The first-order chi connectivity index (χ1) is 13.7. The van der Waals surface area contributed by atoms with Crippen LogP contribution in [-0.2, 0) is 12.8 Å². The zero-order valence-electron chi connectivity index (χ0n) is 15.7. The first kappa shape index (κ1) is 18.2. The Morgan fingerprint density at radius 1 is 1.07 bits per heavy atom. The Balaban J connectivity index is 1.74. The lowest BCUT2D eigenvalue weighted by molar-refractivity contribution is 0.102. The first-order valence-electron chi connectivity index (χ1n) is 9.48. The number of nitrogens with one attached hydrogen (secondary N) is 1. The van der Waals surface area contributed by atoms with Crippen LogP contribution < -0.4 is 10.1 Å². The Labute approximate surface area is 163 Å². The van der Waals surface area contributed by atoms with Gasteiger partial charge in [-0.3, -0.25) is 4.79 Å². The third-order valence-corrected chi connectivity index (χ3v) is 5.07. The fourth-order valence-electron chi connectivity index (χ4n) is 3.68. The van der Waals surface area contributed by atoms with E-state index in [1.54, 1.807) is 36.1 Å². The molecule has 1 heterocycles. The van der Waals surface area contributed by atoms with E-state index in [1.807, 2.05) is 12.1 Å². The quantitative estimate of drug-likeness (QED) is 0.677. The van der Waals surface area contributed by atoms with E-state index in [9.17, 15) is 9.18 Å². The number of amides is 1. The molecular formula is C22H22FN3O2. The van der Waals surface area contributed by atoms with Gasteiger partial charge in [-0.25, -0.2) is 9.07 Å². The lowest BCUT2D eigenvalue weighted by Crippen LogP contribution is -2.15. The molecule has 3 aromatic rings. The fraction of sp³-hybridized carbons (Fsp3) is 0.273. The largest absolute Gasteiger partial charge is 0.495 e. The number of ether oxygens (including phenoxy) is 1. The maximum absolute atomic E-state index is 13.3. The van der Waals surface area contributed by atoms with Gasteiger partial charge < -0.3 is 10.1 Å². The number of carbonyl (C=O) groups is 1. The van der Waals surface area contributed by atoms with Crippen molar-refractivity contribution >= 4 is 11.6 Å². The molecule has 0 unspecified atom stereocenters. The minimum atomic E-state index is -0.295. The van der Waals surface area contributed by atoms with E-state index in [4.69, 9.17) is 4.74 Å². The van der Waals surface area contributed by atoms with E-state index in [1.165, 1.54) is 12.1 Å². The molecule has 0 fully saturated rings. The summed E-state index contributed by atoms with van der Waals surface area (Å²) in [6.45, 7) is 0. The topological polar surface area (TPSA) is 56.1 Å². The first-order valence-corrected chi connectivity index (χ1v) is 9.48. The van der Waals surface area contributed by atoms with Crippen LogP contribution in [0, 0.1) is 5.82 Å². The molecule has 0 radical (unpaired) electrons. The highest BCUT2D eigenvalue weighted by Crippen LogP contribution is 2.28. The molecular weight excluding hydrogens is 357 g/mol. The highest BCUT2D eigenvalue weighted by atomic mass is 19.1. The molecule has 28 heavy (non-hydrogen) atoms. The molecule has 1 amide bonds. The van der Waals surface area contributed by atoms with Crippen molar-refractivity contribution in [1.82, 2.24) is 9.78 Å². The fourth-order valence-corrected chi connectivity index (χ4v) is 3.68. The molecule has 1 aliphatic carbocycles. The number of fused-ring (bicyclic) bond motifs is 1. The normalized spacial score (nSPS) is 13.5. The number of carbonyl (C=O) groups excluding carboxylic acids is 1. The van der Waals surface area contributed by atoms with E-state index in [0.717, 1.165) is 49.0 Å². The second kappa shape index (κ2) is 7.84. The SMILES string of the molecule is COc1ccccc1NC(=O)c1nn(-c2ccc(F)cc2)c2c1CCCCC2. The van der Waals surface area contributed by atoms with Crippen molar-refractivity contribution in [3.05, 3.63) is 71.3 Å². The van der Waals surface area contributed by atoms with E-state index < -0.39 is 0 Å². The summed E-state index contributed by atoms with van der Waals surface area (Å²) in [5.41, 5.74) is 3.81. The smallest absolute Gasteiger partial charge is 0.276 e. The van der Waals surface area contributed by atoms with Crippen molar-refractivity contribution in [3.8, 4) is 11.4 Å². The van der Waals surface area contributed by atoms with Crippen LogP contribution in [0.4, 0.5) is 10.1 Å². The summed E-state index contributed by atoms with van der Waals surface area (Å²) in [5, 5.41) is 7.55. The molecule has 5 nitrogen and oxygen atoms in total. The zero-order valence-corrected chi connectivity index (χ0v) is 15.7. The van der Waals surface area contributed by atoms with Crippen molar-refractivity contribution in [2.75, 3.05) is 12.4 Å². The molecule has 1 aromatic heterocycles. The monoisotopic (exact) mass is 379 g/mol. The number of aromatic nitrogens is 2. The summed E-state index contributed by atoms with van der Waals surface area (Å²) in [6.07, 6.45) is 4.85. The summed E-state index contributed by atoms with van der Waals surface area (Å²) in [6, 6.07) is 13.5. The molecule has 0 saturated heterocycles. The molecule has 1 aliphatic rings. The number of rotatable bonds is 4. The Hall–Kier alpha value is -3.15. The second-order valence-electron chi connectivity index (χ2n) is 6.88. The van der Waals surface area contributed by atoms with Crippen molar-refractivity contribution in [1.29, 1.82) is 0 Å². The Morgan fingerprint density at radius 2 is 1.82 bits per heavy atom. The van der Waals surface area contributed by atoms with Crippen LogP contribution in [0.2, 0.25) is 0 Å². The van der Waals surface area contributed by atoms with E-state index in [-0.39, 0.29) is 11.7 Å². The van der Waals surface area contributed by atoms with Crippen molar-refractivity contribution < 1.29 is 13.9 Å². The van der Waals surface area contributed by atoms with Crippen LogP contribution in [0.1, 0.15) is 41.0 Å². The van der Waals surface area contributed by atoms with Crippen molar-refractivity contribution in [3.63, 3.8) is 0 Å². The van der Waals surface area contributed by atoms with Gasteiger partial charge in [0.15, 0.2) is 5.69 Å². The molecule has 0 bridgehead atoms. The number of halogens is 1. The molecule has 2 aromatic carbocycles. The molecule has 0 atom stereocenters. The summed E-state index contributed by atoms with van der Waals surface area (Å²) < 4.78 is 20.5. The Kier molecular flexibility index (Phi) is 5.10. The second-order valence-corrected chi connectivity index (χ2v) is 6.88. The van der Waals surface area contributed by atoms with Crippen LogP contribution in [0.15, 0.2) is 48.5 Å². The van der Waals surface area contributed by atoms with E-state index in [2.05, 4.69) is 10.4 Å². The van der Waals surface area contributed by atoms with Gasteiger partial charge in [-0.1, -0.05) is 18.6 Å². The summed E-state index contributed by atoms with van der Waals surface area (Å²) in [4.78, 5) is 13.1. The standard InChI is InChI=1S/C22H22FN3O2/c1-28-20-10-6-5-8-18(20)24-22(27)21-17-7-3-2-4-9-19(17)26(25-21)16-13-11-15(23)12-14-16/h5-6,8,10-14H,2-4,7,9H2,1H3,(H,24,27). The van der Waals surface area contributed by atoms with Crippen LogP contribution in [0.3, 0.4) is 0 Å². The average Bonchev–Trinajstić information content (AvgIpc) is 2.90. The van der Waals surface area contributed by atoms with Crippen LogP contribution >= 0.6 is 0 Å². The highest BCUT2D eigenvalue weighted by molar-refractivity contribution is 6.04. The summed E-state index contributed by atoms with van der Waals surface area (Å²) in [5.74, 6) is 0.0413. The van der Waals surface area contributed by atoms with Crippen LogP contribution in [0.5, 0.6) is 5.75 Å². The molecule has 4 rings (SSSR count). The zero-order chi connectivity index (χ0) is 19.5. The molecule has 0 saturated carbocycles.